The van der Waals surface area contributed by atoms with Gasteiger partial charge in [0, 0.05) is 26.2 Å². The van der Waals surface area contributed by atoms with E-state index in [1.807, 2.05) is 0 Å². The summed E-state index contributed by atoms with van der Waals surface area (Å²) >= 11 is 0. The predicted octanol–water partition coefficient (Wildman–Crippen LogP) is 1.50. The number of quaternary nitrogens is 1. The molecule has 0 fully saturated rings. The molecule has 5 heteroatoms. The topological polar surface area (TPSA) is 18.5 Å². The molecule has 0 saturated carbocycles. The number of hydrogen-bond donors (Lipinski definition) is 0. The third kappa shape index (κ3) is 14.4. The van der Waals surface area contributed by atoms with Crippen LogP contribution in [0.1, 0.15) is 71.6 Å². The van der Waals surface area contributed by atoms with E-state index in [4.69, 9.17) is 8.85 Å². The summed E-state index contributed by atoms with van der Waals surface area (Å²) in [6.45, 7) is 7.09. The summed E-state index contributed by atoms with van der Waals surface area (Å²) in [6.07, 6.45) is 12.4. The second-order valence-electron chi connectivity index (χ2n) is 7.46. The van der Waals surface area contributed by atoms with Gasteiger partial charge >= 0.3 is 9.28 Å². The Hall–Kier alpha value is 0.387. The zero-order valence-corrected chi connectivity index (χ0v) is 18.5. The maximum Gasteiger partial charge on any atom is 0.324 e. The molecule has 0 aliphatic carbocycles. The second kappa shape index (κ2) is 15.9. The average molecular weight is 368 g/mol. The molecule has 0 bridgehead atoms. The Morgan fingerprint density at radius 1 is 0.826 bits per heavy atom. The van der Waals surface area contributed by atoms with Crippen molar-refractivity contribution in [3.8, 4) is 0 Å². The van der Waals surface area contributed by atoms with Crippen LogP contribution in [-0.4, -0.2) is 55.2 Å². The average Bonchev–Trinajstić information content (AvgIpc) is 2.49. The molecule has 0 rings (SSSR count). The van der Waals surface area contributed by atoms with Crippen molar-refractivity contribution in [2.45, 2.75) is 77.2 Å². The molecule has 0 N–H and O–H groups in total. The Morgan fingerprint density at radius 3 is 1.78 bits per heavy atom. The first-order valence-corrected chi connectivity index (χ1v) is 11.0. The van der Waals surface area contributed by atoms with E-state index in [1.54, 1.807) is 14.2 Å². The van der Waals surface area contributed by atoms with Gasteiger partial charge in [0.15, 0.2) is 0 Å². The lowest BCUT2D eigenvalue weighted by molar-refractivity contribution is -0.890. The molecule has 3 nitrogen and oxygen atoms in total. The van der Waals surface area contributed by atoms with E-state index < -0.39 is 9.28 Å². The Labute approximate surface area is 154 Å². The van der Waals surface area contributed by atoms with Crippen molar-refractivity contribution in [2.24, 2.45) is 0 Å². The summed E-state index contributed by atoms with van der Waals surface area (Å²) in [6, 6.07) is 0. The van der Waals surface area contributed by atoms with Gasteiger partial charge in [0.1, 0.15) is 0 Å². The second-order valence-corrected chi connectivity index (χ2v) is 10.3. The van der Waals surface area contributed by atoms with Crippen LogP contribution in [0.25, 0.3) is 0 Å². The lowest BCUT2D eigenvalue weighted by Crippen LogP contribution is -3.00. The lowest BCUT2D eigenvalue weighted by atomic mass is 10.1. The first-order valence-electron chi connectivity index (χ1n) is 9.34. The van der Waals surface area contributed by atoms with Gasteiger partial charge in [0.2, 0.25) is 0 Å². The van der Waals surface area contributed by atoms with Crippen LogP contribution < -0.4 is 12.4 Å². The van der Waals surface area contributed by atoms with Crippen molar-refractivity contribution in [3.05, 3.63) is 0 Å². The molecule has 0 heterocycles. The minimum atomic E-state index is -1.44. The van der Waals surface area contributed by atoms with E-state index >= 15 is 0 Å². The highest BCUT2D eigenvalue weighted by molar-refractivity contribution is 6.46. The third-order valence-electron chi connectivity index (χ3n) is 4.74. The lowest BCUT2D eigenvalue weighted by Gasteiger charge is -2.31. The minimum absolute atomic E-state index is 0. The molecule has 0 radical (unpaired) electrons. The molecule has 0 aromatic carbocycles. The molecule has 1 unspecified atom stereocenters. The van der Waals surface area contributed by atoms with Gasteiger partial charge in [0.05, 0.1) is 27.2 Å². The zero-order valence-electron chi connectivity index (χ0n) is 16.6. The monoisotopic (exact) mass is 367 g/mol. The Kier molecular flexibility index (Phi) is 17.7. The highest BCUT2D eigenvalue weighted by atomic mass is 35.5. The van der Waals surface area contributed by atoms with Gasteiger partial charge in [0.25, 0.3) is 0 Å². The maximum absolute atomic E-state index is 5.49. The van der Waals surface area contributed by atoms with E-state index in [1.165, 1.54) is 70.9 Å². The quantitative estimate of drug-likeness (QED) is 0.248. The predicted molar refractivity (Wildman–Crippen MR) is 99.7 cm³/mol. The molecule has 0 saturated heterocycles. The van der Waals surface area contributed by atoms with Crippen LogP contribution in [0.3, 0.4) is 0 Å². The molecular formula is C18H42ClNO2Si. The van der Waals surface area contributed by atoms with Crippen LogP contribution >= 0.6 is 0 Å². The fraction of sp³-hybridized carbons (Fsp3) is 1.00. The molecule has 0 aliphatic rings. The van der Waals surface area contributed by atoms with Crippen molar-refractivity contribution in [1.82, 2.24) is 0 Å². The number of unbranched alkanes of at least 4 members (excludes halogenated alkanes) is 7. The van der Waals surface area contributed by atoms with Crippen LogP contribution in [0.5, 0.6) is 0 Å². The van der Waals surface area contributed by atoms with Gasteiger partial charge in [-0.2, -0.15) is 0 Å². The minimum Gasteiger partial charge on any atom is -1.00 e. The van der Waals surface area contributed by atoms with E-state index in [0.717, 1.165) is 4.48 Å². The van der Waals surface area contributed by atoms with Crippen LogP contribution in [0.4, 0.5) is 0 Å². The SMILES string of the molecule is CCCCCCCCCC[N+](C)(C)CCC(C)[SiH](OC)OC.[Cl-]. The number of rotatable bonds is 15. The van der Waals surface area contributed by atoms with Gasteiger partial charge < -0.3 is 25.7 Å². The van der Waals surface area contributed by atoms with Gasteiger partial charge in [-0.05, 0) is 12.8 Å². The van der Waals surface area contributed by atoms with E-state index in [9.17, 15) is 0 Å². The van der Waals surface area contributed by atoms with Gasteiger partial charge in [-0.25, -0.2) is 0 Å². The number of hydrogen-bond acceptors (Lipinski definition) is 2. The summed E-state index contributed by atoms with van der Waals surface area (Å²) in [5, 5.41) is 0. The fourth-order valence-corrected chi connectivity index (χ4v) is 4.58. The van der Waals surface area contributed by atoms with Gasteiger partial charge in [-0.1, -0.05) is 52.4 Å². The van der Waals surface area contributed by atoms with Crippen molar-refractivity contribution < 1.29 is 25.7 Å². The molecule has 23 heavy (non-hydrogen) atoms. The largest absolute Gasteiger partial charge is 1.00 e. The highest BCUT2D eigenvalue weighted by Crippen LogP contribution is 2.18. The summed E-state index contributed by atoms with van der Waals surface area (Å²) < 4.78 is 12.1. The van der Waals surface area contributed by atoms with E-state index in [2.05, 4.69) is 27.9 Å². The van der Waals surface area contributed by atoms with Gasteiger partial charge in [-0.3, -0.25) is 0 Å². The summed E-state index contributed by atoms with van der Waals surface area (Å²) in [4.78, 5) is 0. The smallest absolute Gasteiger partial charge is 0.324 e. The molecular weight excluding hydrogens is 326 g/mol. The van der Waals surface area contributed by atoms with Gasteiger partial charge in [-0.15, -0.1) is 0 Å². The fourth-order valence-electron chi connectivity index (χ4n) is 3.04. The zero-order chi connectivity index (χ0) is 16.8. The Balaban J connectivity index is 0. The molecule has 0 spiro atoms. The standard InChI is InChI=1S/C18H42NO2Si.ClH/c1-7-8-9-10-11-12-13-14-16-19(3,4)17-15-18(2)22(20-5)21-6;/h18,22H,7-17H2,1-6H3;1H/q+1;/p-1. The van der Waals surface area contributed by atoms with Crippen molar-refractivity contribution in [2.75, 3.05) is 41.4 Å². The van der Waals surface area contributed by atoms with Crippen LogP contribution in [-0.2, 0) is 8.85 Å². The van der Waals surface area contributed by atoms with Crippen LogP contribution in [0, 0.1) is 0 Å². The van der Waals surface area contributed by atoms with E-state index in [0.29, 0.717) is 5.54 Å². The highest BCUT2D eigenvalue weighted by Gasteiger charge is 2.23. The maximum atomic E-state index is 5.49. The number of nitrogens with zero attached hydrogens (tertiary/aromatic N) is 1. The molecule has 0 aromatic heterocycles. The van der Waals surface area contributed by atoms with Crippen molar-refractivity contribution in [1.29, 1.82) is 0 Å². The first-order chi connectivity index (χ1) is 10.5. The number of halogens is 1. The van der Waals surface area contributed by atoms with E-state index in [-0.39, 0.29) is 12.4 Å². The Bertz CT molecular complexity index is 251. The summed E-state index contributed by atoms with van der Waals surface area (Å²) in [7, 11) is 6.87. The normalized spacial score (nSPS) is 13.2. The molecule has 142 valence electrons. The van der Waals surface area contributed by atoms with Crippen molar-refractivity contribution in [3.63, 3.8) is 0 Å². The third-order valence-corrected chi connectivity index (χ3v) is 6.93. The van der Waals surface area contributed by atoms with Crippen LogP contribution in [0.2, 0.25) is 5.54 Å². The summed E-state index contributed by atoms with van der Waals surface area (Å²) in [5.74, 6) is 0. The Morgan fingerprint density at radius 2 is 1.30 bits per heavy atom. The van der Waals surface area contributed by atoms with Crippen molar-refractivity contribution >= 4 is 9.28 Å². The van der Waals surface area contributed by atoms with Crippen LogP contribution in [0.15, 0.2) is 0 Å². The molecule has 0 aliphatic heterocycles. The summed E-state index contributed by atoms with van der Waals surface area (Å²) in [5.41, 5.74) is 0.589. The molecule has 0 amide bonds. The molecule has 1 atom stereocenters. The molecule has 0 aromatic rings. The first kappa shape index (κ1) is 25.6.